The van der Waals surface area contributed by atoms with Crippen LogP contribution in [-0.2, 0) is 15.0 Å². The number of rotatable bonds is 6. The molecule has 0 bridgehead atoms. The van der Waals surface area contributed by atoms with E-state index in [-0.39, 0.29) is 33.8 Å². The van der Waals surface area contributed by atoms with Gasteiger partial charge in [-0.3, -0.25) is 14.4 Å². The molecular formula is C31H29Cl2FN4O5. The molecule has 6 N–H and O–H groups in total. The molecule has 1 unspecified atom stereocenters. The highest BCUT2D eigenvalue weighted by atomic mass is 35.5. The van der Waals surface area contributed by atoms with Gasteiger partial charge >= 0.3 is 5.97 Å². The number of anilines is 2. The number of halogens is 3. The van der Waals surface area contributed by atoms with Crippen LogP contribution in [0.15, 0.2) is 54.6 Å². The van der Waals surface area contributed by atoms with Gasteiger partial charge in [-0.1, -0.05) is 62.2 Å². The van der Waals surface area contributed by atoms with E-state index in [1.165, 1.54) is 41.3 Å². The number of carboxylic acid groups (broad SMARTS) is 1. The highest BCUT2D eigenvalue weighted by molar-refractivity contribution is 6.31. The molecule has 224 valence electrons. The number of aliphatic carboxylic acids is 1. The molecule has 3 aromatic rings. The zero-order chi connectivity index (χ0) is 31.6. The Balaban J connectivity index is 1.98. The summed E-state index contributed by atoms with van der Waals surface area (Å²) >= 11 is 12.5. The van der Waals surface area contributed by atoms with E-state index in [9.17, 15) is 24.3 Å². The standard InChI is InChI=1S/C31H29Cl2FN4O5/c1-30(2,3)13-22-31(18-10-8-15(32)12-20(18)37-29(31)43)23(17-5-4-6-19(33)24(17)34)25(28(41)42)38(22)21-11-14(26(35)39)7-9-16(21)27(36)40/h4-12,22-23,25H,13H2,1-3H3,(H2,35,39)(H2,36,40)(H,37,43)(H,41,42)/t22-,23-,25+,31?/m1/s1. The van der Waals surface area contributed by atoms with Gasteiger partial charge in [0.25, 0.3) is 5.91 Å². The molecule has 0 saturated carbocycles. The van der Waals surface area contributed by atoms with Crippen LogP contribution >= 0.6 is 23.2 Å². The van der Waals surface area contributed by atoms with Crippen molar-refractivity contribution in [2.45, 2.75) is 50.6 Å². The minimum atomic E-state index is -1.74. The summed E-state index contributed by atoms with van der Waals surface area (Å²) in [5.41, 5.74) is 9.55. The largest absolute Gasteiger partial charge is 0.480 e. The molecular weight excluding hydrogens is 598 g/mol. The van der Waals surface area contributed by atoms with Gasteiger partial charge < -0.3 is 26.8 Å². The van der Waals surface area contributed by atoms with Gasteiger partial charge in [0.2, 0.25) is 11.8 Å². The van der Waals surface area contributed by atoms with Crippen molar-refractivity contribution in [1.82, 2.24) is 0 Å². The number of hydrogen-bond donors (Lipinski definition) is 4. The first kappa shape index (κ1) is 30.3. The molecule has 5 rings (SSSR count). The van der Waals surface area contributed by atoms with Crippen LogP contribution < -0.4 is 21.7 Å². The van der Waals surface area contributed by atoms with E-state index in [0.717, 1.165) is 0 Å². The topological polar surface area (TPSA) is 156 Å². The van der Waals surface area contributed by atoms with Gasteiger partial charge in [-0.25, -0.2) is 9.18 Å². The number of benzene rings is 3. The lowest BCUT2D eigenvalue weighted by atomic mass is 9.62. The first-order valence-electron chi connectivity index (χ1n) is 13.4. The lowest BCUT2D eigenvalue weighted by Gasteiger charge is -2.40. The quantitative estimate of drug-likeness (QED) is 0.299. The second-order valence-corrected chi connectivity index (χ2v) is 12.9. The summed E-state index contributed by atoms with van der Waals surface area (Å²) in [6.45, 7) is 5.73. The maximum absolute atomic E-state index is 16.0. The summed E-state index contributed by atoms with van der Waals surface area (Å²) in [6.07, 6.45) is 0.184. The van der Waals surface area contributed by atoms with Gasteiger partial charge in [0.1, 0.15) is 17.3 Å². The molecule has 1 fully saturated rings. The molecule has 1 saturated heterocycles. The van der Waals surface area contributed by atoms with Crippen molar-refractivity contribution in [1.29, 1.82) is 0 Å². The van der Waals surface area contributed by atoms with Crippen LogP contribution in [0.1, 0.15) is 65.0 Å². The van der Waals surface area contributed by atoms with Gasteiger partial charge in [-0.15, -0.1) is 0 Å². The number of amides is 3. The summed E-state index contributed by atoms with van der Waals surface area (Å²) in [5.74, 6) is -5.98. The Morgan fingerprint density at radius 1 is 1.05 bits per heavy atom. The minimum Gasteiger partial charge on any atom is -0.480 e. The minimum absolute atomic E-state index is 0.0202. The van der Waals surface area contributed by atoms with Crippen molar-refractivity contribution in [3.8, 4) is 0 Å². The van der Waals surface area contributed by atoms with Crippen LogP contribution in [0.25, 0.3) is 0 Å². The lowest BCUT2D eigenvalue weighted by Crippen LogP contribution is -2.51. The third kappa shape index (κ3) is 4.78. The summed E-state index contributed by atoms with van der Waals surface area (Å²) < 4.78 is 16.0. The molecule has 3 amide bonds. The Labute approximate surface area is 256 Å². The molecule has 2 heterocycles. The van der Waals surface area contributed by atoms with Crippen LogP contribution in [0.5, 0.6) is 0 Å². The van der Waals surface area contributed by atoms with E-state index in [2.05, 4.69) is 5.32 Å². The van der Waals surface area contributed by atoms with Crippen molar-refractivity contribution in [3.05, 3.63) is 92.7 Å². The Morgan fingerprint density at radius 2 is 1.74 bits per heavy atom. The van der Waals surface area contributed by atoms with Gasteiger partial charge in [0.05, 0.1) is 16.3 Å². The van der Waals surface area contributed by atoms with Crippen molar-refractivity contribution < 1.29 is 28.7 Å². The maximum Gasteiger partial charge on any atom is 0.327 e. The zero-order valence-corrected chi connectivity index (χ0v) is 25.0. The summed E-state index contributed by atoms with van der Waals surface area (Å²) in [6, 6.07) is 10.2. The van der Waals surface area contributed by atoms with Gasteiger partial charge in [-0.2, -0.15) is 0 Å². The van der Waals surface area contributed by atoms with E-state index in [1.54, 1.807) is 18.2 Å². The van der Waals surface area contributed by atoms with Crippen molar-refractivity contribution >= 4 is 58.3 Å². The summed E-state index contributed by atoms with van der Waals surface area (Å²) in [4.78, 5) is 54.4. The molecule has 2 aliphatic heterocycles. The molecule has 3 aromatic carbocycles. The van der Waals surface area contributed by atoms with Crippen molar-refractivity contribution in [2.75, 3.05) is 10.2 Å². The molecule has 4 atom stereocenters. The number of nitrogens with zero attached hydrogens (tertiary/aromatic N) is 1. The van der Waals surface area contributed by atoms with Crippen molar-refractivity contribution in [2.24, 2.45) is 16.9 Å². The average Bonchev–Trinajstić information content (AvgIpc) is 3.35. The van der Waals surface area contributed by atoms with E-state index < -0.39 is 58.3 Å². The number of nitrogens with two attached hydrogens (primary N) is 2. The van der Waals surface area contributed by atoms with Gasteiger partial charge in [0, 0.05) is 28.2 Å². The number of carboxylic acids is 1. The second kappa shape index (κ2) is 10.5. The maximum atomic E-state index is 16.0. The summed E-state index contributed by atoms with van der Waals surface area (Å²) in [7, 11) is 0. The van der Waals surface area contributed by atoms with Crippen LogP contribution in [0.3, 0.4) is 0 Å². The predicted octanol–water partition coefficient (Wildman–Crippen LogP) is 5.08. The average molecular weight is 628 g/mol. The molecule has 1 spiro atoms. The van der Waals surface area contributed by atoms with E-state index in [4.69, 9.17) is 34.7 Å². The number of nitrogens with one attached hydrogen (secondary N) is 1. The Bertz CT molecular complexity index is 1710. The fourth-order valence-electron chi connectivity index (χ4n) is 6.70. The first-order chi connectivity index (χ1) is 20.1. The SMILES string of the molecule is CC(C)(C)C[C@H]1N(c2cc(C(N)=O)ccc2C(N)=O)[C@H](C(=O)O)[C@@H](c2cccc(Cl)c2F)C12C(=O)Nc1cc(Cl)ccc12. The molecule has 0 radical (unpaired) electrons. The second-order valence-electron chi connectivity index (χ2n) is 12.1. The molecule has 2 aliphatic rings. The van der Waals surface area contributed by atoms with Crippen LogP contribution in [0, 0.1) is 11.2 Å². The number of carbonyl (C=O) groups excluding carboxylic acids is 3. The van der Waals surface area contributed by atoms with Gasteiger partial charge in [-0.05, 0) is 59.4 Å². The lowest BCUT2D eigenvalue weighted by molar-refractivity contribution is -0.139. The Kier molecular flexibility index (Phi) is 7.43. The number of primary amides is 2. The van der Waals surface area contributed by atoms with Crippen LogP contribution in [0.2, 0.25) is 10.0 Å². The number of fused-ring (bicyclic) bond motifs is 2. The first-order valence-corrected chi connectivity index (χ1v) is 14.2. The van der Waals surface area contributed by atoms with Crippen LogP contribution in [0.4, 0.5) is 15.8 Å². The third-order valence-corrected chi connectivity index (χ3v) is 8.75. The predicted molar refractivity (Wildman–Crippen MR) is 161 cm³/mol. The molecule has 0 aromatic heterocycles. The third-order valence-electron chi connectivity index (χ3n) is 8.22. The van der Waals surface area contributed by atoms with Crippen LogP contribution in [-0.4, -0.2) is 40.9 Å². The molecule has 9 nitrogen and oxygen atoms in total. The monoisotopic (exact) mass is 626 g/mol. The fourth-order valence-corrected chi connectivity index (χ4v) is 7.05. The molecule has 12 heteroatoms. The summed E-state index contributed by atoms with van der Waals surface area (Å²) in [5, 5.41) is 13.8. The Morgan fingerprint density at radius 3 is 2.35 bits per heavy atom. The van der Waals surface area contributed by atoms with Crippen molar-refractivity contribution in [3.63, 3.8) is 0 Å². The van der Waals surface area contributed by atoms with E-state index in [0.29, 0.717) is 16.3 Å². The fraction of sp³-hybridized carbons (Fsp3) is 0.290. The van der Waals surface area contributed by atoms with Gasteiger partial charge in [0.15, 0.2) is 0 Å². The Hall–Kier alpha value is -4.15. The number of carbonyl (C=O) groups is 4. The van der Waals surface area contributed by atoms with E-state index in [1.807, 2.05) is 20.8 Å². The zero-order valence-electron chi connectivity index (χ0n) is 23.5. The normalized spacial score (nSPS) is 22.9. The smallest absolute Gasteiger partial charge is 0.327 e. The molecule has 0 aliphatic carbocycles. The number of hydrogen-bond acceptors (Lipinski definition) is 5. The van der Waals surface area contributed by atoms with E-state index >= 15 is 4.39 Å². The highest BCUT2D eigenvalue weighted by Gasteiger charge is 2.70. The molecule has 43 heavy (non-hydrogen) atoms. The highest BCUT2D eigenvalue weighted by Crippen LogP contribution is 2.61.